The molecule has 4 rings (SSSR count). The molecule has 0 aliphatic heterocycles. The molecule has 1 heterocycles. The zero-order chi connectivity index (χ0) is 23.2. The van der Waals surface area contributed by atoms with E-state index >= 15 is 0 Å². The summed E-state index contributed by atoms with van der Waals surface area (Å²) >= 11 is 0. The number of benzene rings is 2. The third-order valence-corrected chi connectivity index (χ3v) is 5.60. The predicted octanol–water partition coefficient (Wildman–Crippen LogP) is 3.98. The predicted molar refractivity (Wildman–Crippen MR) is 120 cm³/mol. The van der Waals surface area contributed by atoms with E-state index < -0.39 is 18.5 Å². The number of amides is 2. The topological polar surface area (TPSA) is 76.0 Å². The van der Waals surface area contributed by atoms with Crippen LogP contribution in [0.4, 0.5) is 8.78 Å². The van der Waals surface area contributed by atoms with E-state index in [1.165, 1.54) is 5.56 Å². The summed E-state index contributed by atoms with van der Waals surface area (Å²) in [5, 5.41) is 9.40. The second-order valence-electron chi connectivity index (χ2n) is 7.88. The maximum absolute atomic E-state index is 12.8. The zero-order valence-electron chi connectivity index (χ0n) is 17.8. The minimum absolute atomic E-state index is 0.0357. The molecular formula is C25H24F2N4O2. The summed E-state index contributed by atoms with van der Waals surface area (Å²) in [6.07, 6.45) is 7.43. The van der Waals surface area contributed by atoms with Gasteiger partial charge < -0.3 is 10.6 Å². The van der Waals surface area contributed by atoms with Crippen molar-refractivity contribution in [3.8, 4) is 0 Å². The van der Waals surface area contributed by atoms with Crippen LogP contribution in [0.5, 0.6) is 0 Å². The standard InChI is InChI=1S/C25H24F2N4O2/c26-25(27)31-16-19(15-28-31)24(33)30-23-20-12-6-5-11-18(20)14-21(23)29-22(32)13-7-4-10-17-8-2-1-3-9-17/h1-9,11-12,15-16,21,23,25H,10,13-14H2,(H,29,32)(H,30,33)/b7-4+/t21-,23-/m1/s1. The number of nitrogens with one attached hydrogen (secondary N) is 2. The van der Waals surface area contributed by atoms with Crippen LogP contribution in [0.1, 0.15) is 46.1 Å². The van der Waals surface area contributed by atoms with E-state index in [9.17, 15) is 18.4 Å². The van der Waals surface area contributed by atoms with Crippen LogP contribution in [-0.4, -0.2) is 27.6 Å². The highest BCUT2D eigenvalue weighted by Crippen LogP contribution is 2.31. The number of rotatable bonds is 8. The average molecular weight is 450 g/mol. The molecule has 3 aromatic rings. The number of carbonyl (C=O) groups is 2. The van der Waals surface area contributed by atoms with E-state index in [1.807, 2.05) is 66.7 Å². The van der Waals surface area contributed by atoms with Crippen LogP contribution >= 0.6 is 0 Å². The number of alkyl halides is 2. The van der Waals surface area contributed by atoms with Gasteiger partial charge in [-0.3, -0.25) is 9.59 Å². The third kappa shape index (κ3) is 5.52. The number of carbonyl (C=O) groups excluding carboxylic acids is 2. The van der Waals surface area contributed by atoms with Gasteiger partial charge in [0.1, 0.15) is 0 Å². The van der Waals surface area contributed by atoms with Crippen LogP contribution in [0.3, 0.4) is 0 Å². The molecule has 0 saturated carbocycles. The highest BCUT2D eigenvalue weighted by Gasteiger charge is 2.34. The maximum Gasteiger partial charge on any atom is 0.333 e. The van der Waals surface area contributed by atoms with E-state index in [2.05, 4.69) is 15.7 Å². The van der Waals surface area contributed by atoms with E-state index in [1.54, 1.807) is 0 Å². The molecular weight excluding hydrogens is 426 g/mol. The highest BCUT2D eigenvalue weighted by molar-refractivity contribution is 5.94. The number of allylic oxidation sites excluding steroid dienone is 1. The van der Waals surface area contributed by atoms with Gasteiger partial charge >= 0.3 is 6.55 Å². The summed E-state index contributed by atoms with van der Waals surface area (Å²) in [7, 11) is 0. The molecule has 2 N–H and O–H groups in total. The van der Waals surface area contributed by atoms with Crippen LogP contribution in [0.2, 0.25) is 0 Å². The smallest absolute Gasteiger partial charge is 0.333 e. The summed E-state index contributed by atoms with van der Waals surface area (Å²) in [4.78, 5) is 25.3. The van der Waals surface area contributed by atoms with Gasteiger partial charge in [-0.15, -0.1) is 0 Å². The molecule has 0 spiro atoms. The Bertz CT molecular complexity index is 1140. The number of aromatic nitrogens is 2. The first-order chi connectivity index (χ1) is 16.0. The molecule has 2 amide bonds. The highest BCUT2D eigenvalue weighted by atomic mass is 19.3. The van der Waals surface area contributed by atoms with Crippen molar-refractivity contribution in [2.45, 2.75) is 37.9 Å². The Morgan fingerprint density at radius 2 is 1.82 bits per heavy atom. The Kier molecular flexibility index (Phi) is 6.92. The fourth-order valence-electron chi connectivity index (χ4n) is 3.98. The lowest BCUT2D eigenvalue weighted by Gasteiger charge is -2.23. The van der Waals surface area contributed by atoms with Gasteiger partial charge in [0, 0.05) is 12.6 Å². The number of fused-ring (bicyclic) bond motifs is 1. The quantitative estimate of drug-likeness (QED) is 0.510. The lowest BCUT2D eigenvalue weighted by molar-refractivity contribution is -0.121. The number of hydrogen-bond donors (Lipinski definition) is 2. The first-order valence-corrected chi connectivity index (χ1v) is 10.7. The molecule has 33 heavy (non-hydrogen) atoms. The zero-order valence-corrected chi connectivity index (χ0v) is 17.8. The fourth-order valence-corrected chi connectivity index (χ4v) is 3.98. The molecule has 0 radical (unpaired) electrons. The van der Waals surface area contributed by atoms with E-state index in [-0.39, 0.29) is 23.9 Å². The van der Waals surface area contributed by atoms with Crippen molar-refractivity contribution in [2.75, 3.05) is 0 Å². The molecule has 0 unspecified atom stereocenters. The molecule has 6 nitrogen and oxygen atoms in total. The van der Waals surface area contributed by atoms with Gasteiger partial charge in [-0.2, -0.15) is 13.9 Å². The SMILES string of the molecule is O=C(C/C=C/Cc1ccccc1)N[C@@H]1Cc2ccccc2[C@H]1NC(=O)c1cnn(C(F)F)c1. The molecule has 170 valence electrons. The summed E-state index contributed by atoms with van der Waals surface area (Å²) in [5.74, 6) is -0.674. The van der Waals surface area contributed by atoms with Crippen molar-refractivity contribution >= 4 is 11.8 Å². The minimum Gasteiger partial charge on any atom is -0.350 e. The van der Waals surface area contributed by atoms with E-state index in [0.717, 1.165) is 29.9 Å². The molecule has 2 aromatic carbocycles. The second kappa shape index (κ2) is 10.2. The van der Waals surface area contributed by atoms with Gasteiger partial charge in [-0.05, 0) is 29.5 Å². The van der Waals surface area contributed by atoms with Crippen LogP contribution in [0.15, 0.2) is 79.1 Å². The Hall–Kier alpha value is -3.81. The molecule has 0 fully saturated rings. The van der Waals surface area contributed by atoms with Gasteiger partial charge in [0.15, 0.2) is 0 Å². The summed E-state index contributed by atoms with van der Waals surface area (Å²) in [5.41, 5.74) is 3.12. The van der Waals surface area contributed by atoms with E-state index in [0.29, 0.717) is 11.1 Å². The average Bonchev–Trinajstić information content (AvgIpc) is 3.44. The van der Waals surface area contributed by atoms with Crippen molar-refractivity contribution in [2.24, 2.45) is 0 Å². The van der Waals surface area contributed by atoms with Crippen LogP contribution in [0.25, 0.3) is 0 Å². The number of nitrogens with zero attached hydrogens (tertiary/aromatic N) is 2. The van der Waals surface area contributed by atoms with Crippen molar-refractivity contribution in [3.05, 3.63) is 101 Å². The largest absolute Gasteiger partial charge is 0.350 e. The first-order valence-electron chi connectivity index (χ1n) is 10.7. The number of hydrogen-bond acceptors (Lipinski definition) is 3. The van der Waals surface area contributed by atoms with Crippen LogP contribution < -0.4 is 10.6 Å². The first kappa shape index (κ1) is 22.4. The number of halogens is 2. The molecule has 1 aliphatic rings. The van der Waals surface area contributed by atoms with Gasteiger partial charge in [-0.1, -0.05) is 66.7 Å². The van der Waals surface area contributed by atoms with Gasteiger partial charge in [0.25, 0.3) is 5.91 Å². The summed E-state index contributed by atoms with van der Waals surface area (Å²) in [6, 6.07) is 16.8. The lowest BCUT2D eigenvalue weighted by atomic mass is 10.1. The molecule has 2 atom stereocenters. The van der Waals surface area contributed by atoms with Crippen molar-refractivity contribution in [1.29, 1.82) is 0 Å². The van der Waals surface area contributed by atoms with Gasteiger partial charge in [0.2, 0.25) is 5.91 Å². The molecule has 1 aromatic heterocycles. The summed E-state index contributed by atoms with van der Waals surface area (Å²) < 4.78 is 26.0. The molecule has 8 heteroatoms. The van der Waals surface area contributed by atoms with Crippen LogP contribution in [0, 0.1) is 0 Å². The van der Waals surface area contributed by atoms with Crippen LogP contribution in [-0.2, 0) is 17.6 Å². The molecule has 0 bridgehead atoms. The van der Waals surface area contributed by atoms with Gasteiger partial charge in [-0.25, -0.2) is 4.68 Å². The molecule has 0 saturated heterocycles. The Morgan fingerprint density at radius 1 is 1.06 bits per heavy atom. The normalized spacial score (nSPS) is 17.3. The monoisotopic (exact) mass is 450 g/mol. The van der Waals surface area contributed by atoms with Gasteiger partial charge in [0.05, 0.1) is 23.8 Å². The third-order valence-electron chi connectivity index (χ3n) is 5.60. The Balaban J connectivity index is 1.39. The lowest BCUT2D eigenvalue weighted by Crippen LogP contribution is -2.44. The minimum atomic E-state index is -2.82. The van der Waals surface area contributed by atoms with Crippen molar-refractivity contribution in [1.82, 2.24) is 20.4 Å². The van der Waals surface area contributed by atoms with Crippen molar-refractivity contribution in [3.63, 3.8) is 0 Å². The second-order valence-corrected chi connectivity index (χ2v) is 7.88. The molecule has 1 aliphatic carbocycles. The van der Waals surface area contributed by atoms with E-state index in [4.69, 9.17) is 0 Å². The summed E-state index contributed by atoms with van der Waals surface area (Å²) in [6.45, 7) is -2.82. The van der Waals surface area contributed by atoms with Crippen molar-refractivity contribution < 1.29 is 18.4 Å². The Morgan fingerprint density at radius 3 is 2.58 bits per heavy atom. The Labute approximate surface area is 190 Å². The fraction of sp³-hybridized carbons (Fsp3) is 0.240. The maximum atomic E-state index is 12.8.